The first-order valence-electron chi connectivity index (χ1n) is 13.1. The SMILES string of the molecule is CN(C)c1ccc2[nH]c(C(=O)NN=Cc3cc(Br)ccc3OC(=O)c3ccc4c(c3)OCO4)c(-c3ccccc3Cl)c2c1. The summed E-state index contributed by atoms with van der Waals surface area (Å²) in [5, 5.41) is 5.54. The van der Waals surface area contributed by atoms with Gasteiger partial charge >= 0.3 is 5.97 Å². The average Bonchev–Trinajstić information content (AvgIpc) is 3.62. The highest BCUT2D eigenvalue weighted by Crippen LogP contribution is 2.38. The van der Waals surface area contributed by atoms with E-state index in [1.807, 2.05) is 55.4 Å². The minimum atomic E-state index is -0.584. The molecule has 1 amide bonds. The van der Waals surface area contributed by atoms with E-state index in [4.69, 9.17) is 25.8 Å². The summed E-state index contributed by atoms with van der Waals surface area (Å²) in [6, 6.07) is 23.2. The number of carbonyl (C=O) groups excluding carboxylic acids is 2. The van der Waals surface area contributed by atoms with Gasteiger partial charge < -0.3 is 24.1 Å². The molecule has 6 rings (SSSR count). The van der Waals surface area contributed by atoms with E-state index in [1.165, 1.54) is 6.21 Å². The number of nitrogens with one attached hydrogen (secondary N) is 2. The quantitative estimate of drug-likeness (QED) is 0.0842. The van der Waals surface area contributed by atoms with Gasteiger partial charge in [0.05, 0.1) is 11.8 Å². The van der Waals surface area contributed by atoms with Crippen LogP contribution in [0.5, 0.6) is 17.2 Å². The molecule has 0 aliphatic carbocycles. The van der Waals surface area contributed by atoms with E-state index in [2.05, 4.69) is 31.4 Å². The second kappa shape index (κ2) is 11.8. The smallest absolute Gasteiger partial charge is 0.343 e. The van der Waals surface area contributed by atoms with Crippen molar-refractivity contribution in [1.82, 2.24) is 10.4 Å². The fourth-order valence-corrected chi connectivity index (χ4v) is 5.29. The highest BCUT2D eigenvalue weighted by molar-refractivity contribution is 9.10. The van der Waals surface area contributed by atoms with Gasteiger partial charge in [0.15, 0.2) is 11.5 Å². The minimum Gasteiger partial charge on any atom is -0.454 e. The highest BCUT2D eigenvalue weighted by Gasteiger charge is 2.22. The molecule has 0 radical (unpaired) electrons. The third kappa shape index (κ3) is 5.79. The molecule has 2 N–H and O–H groups in total. The first kappa shape index (κ1) is 28.3. The summed E-state index contributed by atoms with van der Waals surface area (Å²) < 4.78 is 17.1. The third-order valence-electron chi connectivity index (χ3n) is 6.82. The number of amides is 1. The molecule has 0 atom stereocenters. The summed E-state index contributed by atoms with van der Waals surface area (Å²) in [7, 11) is 3.90. The molecule has 1 aromatic heterocycles. The molecule has 0 bridgehead atoms. The van der Waals surface area contributed by atoms with Crippen molar-refractivity contribution in [3.63, 3.8) is 0 Å². The number of hydrogen-bond donors (Lipinski definition) is 2. The molecular formula is C32H24BrClN4O5. The Bertz CT molecular complexity index is 1920. The van der Waals surface area contributed by atoms with Crippen molar-refractivity contribution in [2.24, 2.45) is 5.10 Å². The van der Waals surface area contributed by atoms with Gasteiger partial charge in [-0.2, -0.15) is 5.10 Å². The number of benzene rings is 4. The lowest BCUT2D eigenvalue weighted by molar-refractivity contribution is 0.0733. The molecule has 0 saturated carbocycles. The first-order valence-corrected chi connectivity index (χ1v) is 14.3. The van der Waals surface area contributed by atoms with E-state index in [0.717, 1.165) is 21.1 Å². The lowest BCUT2D eigenvalue weighted by atomic mass is 10.0. The van der Waals surface area contributed by atoms with Crippen LogP contribution in [0.4, 0.5) is 5.69 Å². The zero-order valence-electron chi connectivity index (χ0n) is 23.0. The number of aromatic amines is 1. The van der Waals surface area contributed by atoms with Crippen molar-refractivity contribution >= 4 is 62.2 Å². The van der Waals surface area contributed by atoms with Crippen LogP contribution in [0.2, 0.25) is 5.02 Å². The van der Waals surface area contributed by atoms with Crippen molar-refractivity contribution in [2.45, 2.75) is 0 Å². The van der Waals surface area contributed by atoms with Crippen molar-refractivity contribution < 1.29 is 23.8 Å². The second-order valence-electron chi connectivity index (χ2n) is 9.82. The Hall–Kier alpha value is -4.80. The number of esters is 1. The summed E-state index contributed by atoms with van der Waals surface area (Å²) in [4.78, 5) is 31.6. The van der Waals surface area contributed by atoms with Crippen LogP contribution in [0.3, 0.4) is 0 Å². The molecule has 4 aromatic carbocycles. The number of hydrazone groups is 1. The maximum absolute atomic E-state index is 13.5. The molecule has 216 valence electrons. The summed E-state index contributed by atoms with van der Waals surface area (Å²) >= 11 is 10.0. The van der Waals surface area contributed by atoms with Crippen molar-refractivity contribution in [3.8, 4) is 28.4 Å². The Morgan fingerprint density at radius 3 is 2.65 bits per heavy atom. The van der Waals surface area contributed by atoms with Crippen LogP contribution < -0.4 is 24.5 Å². The largest absolute Gasteiger partial charge is 0.454 e. The van der Waals surface area contributed by atoms with Gasteiger partial charge in [0.2, 0.25) is 6.79 Å². The van der Waals surface area contributed by atoms with E-state index >= 15 is 0 Å². The first-order chi connectivity index (χ1) is 20.8. The molecule has 0 unspecified atom stereocenters. The summed E-state index contributed by atoms with van der Waals surface area (Å²) in [5.41, 5.74) is 6.79. The highest BCUT2D eigenvalue weighted by atomic mass is 79.9. The lowest BCUT2D eigenvalue weighted by Gasteiger charge is -2.13. The standard InChI is InChI=1S/C32H24BrClN4O5/c1-38(2)21-9-10-25-23(15-21)29(22-5-3-4-6-24(22)34)30(36-25)31(39)37-35-16-19-13-20(33)8-12-26(19)43-32(40)18-7-11-27-28(14-18)42-17-41-27/h3-16,36H,17H2,1-2H3,(H,37,39). The maximum atomic E-state index is 13.5. The zero-order chi connectivity index (χ0) is 30.1. The summed E-state index contributed by atoms with van der Waals surface area (Å²) in [6.07, 6.45) is 1.41. The Morgan fingerprint density at radius 1 is 1.02 bits per heavy atom. The molecule has 0 saturated heterocycles. The van der Waals surface area contributed by atoms with Gasteiger partial charge in [-0.3, -0.25) is 4.79 Å². The molecule has 0 fully saturated rings. The minimum absolute atomic E-state index is 0.0996. The van der Waals surface area contributed by atoms with E-state index in [0.29, 0.717) is 44.5 Å². The Balaban J connectivity index is 1.28. The predicted molar refractivity (Wildman–Crippen MR) is 170 cm³/mol. The van der Waals surface area contributed by atoms with E-state index in [-0.39, 0.29) is 12.5 Å². The third-order valence-corrected chi connectivity index (χ3v) is 7.64. The van der Waals surface area contributed by atoms with E-state index < -0.39 is 11.9 Å². The van der Waals surface area contributed by atoms with Crippen molar-refractivity contribution in [2.75, 3.05) is 25.8 Å². The topological polar surface area (TPSA) is 105 Å². The number of hydrogen-bond acceptors (Lipinski definition) is 7. The average molecular weight is 660 g/mol. The van der Waals surface area contributed by atoms with Crippen LogP contribution in [0.1, 0.15) is 26.4 Å². The van der Waals surface area contributed by atoms with E-state index in [9.17, 15) is 9.59 Å². The van der Waals surface area contributed by atoms with Gasteiger partial charge in [-0.15, -0.1) is 0 Å². The van der Waals surface area contributed by atoms with Crippen LogP contribution >= 0.6 is 27.5 Å². The van der Waals surface area contributed by atoms with Crippen LogP contribution in [-0.4, -0.2) is 44.0 Å². The maximum Gasteiger partial charge on any atom is 0.343 e. The lowest BCUT2D eigenvalue weighted by Crippen LogP contribution is -2.19. The van der Waals surface area contributed by atoms with Gasteiger partial charge in [0.25, 0.3) is 5.91 Å². The number of rotatable bonds is 7. The van der Waals surface area contributed by atoms with Crippen LogP contribution in [0, 0.1) is 0 Å². The van der Waals surface area contributed by atoms with Crippen LogP contribution in [0.15, 0.2) is 88.4 Å². The van der Waals surface area contributed by atoms with Crippen LogP contribution in [0.25, 0.3) is 22.0 Å². The Kier molecular flexibility index (Phi) is 7.79. The number of H-pyrrole nitrogens is 1. The molecule has 2 heterocycles. The fourth-order valence-electron chi connectivity index (χ4n) is 4.68. The van der Waals surface area contributed by atoms with E-state index in [1.54, 1.807) is 42.5 Å². The Labute approximate surface area is 260 Å². The molecule has 9 nitrogen and oxygen atoms in total. The predicted octanol–water partition coefficient (Wildman–Crippen LogP) is 7.03. The molecule has 0 spiro atoms. The second-order valence-corrected chi connectivity index (χ2v) is 11.1. The van der Waals surface area contributed by atoms with Crippen molar-refractivity contribution in [1.29, 1.82) is 0 Å². The number of carbonyl (C=O) groups is 2. The molecule has 1 aliphatic rings. The van der Waals surface area contributed by atoms with Gasteiger partial charge in [0, 0.05) is 56.9 Å². The van der Waals surface area contributed by atoms with Gasteiger partial charge in [-0.25, -0.2) is 10.2 Å². The number of aromatic nitrogens is 1. The zero-order valence-corrected chi connectivity index (χ0v) is 25.3. The number of anilines is 1. The molecule has 43 heavy (non-hydrogen) atoms. The fraction of sp³-hybridized carbons (Fsp3) is 0.0938. The number of ether oxygens (including phenoxy) is 3. The number of fused-ring (bicyclic) bond motifs is 2. The molecule has 1 aliphatic heterocycles. The number of halogens is 2. The van der Waals surface area contributed by atoms with Crippen molar-refractivity contribution in [3.05, 3.63) is 105 Å². The Morgan fingerprint density at radius 2 is 1.84 bits per heavy atom. The summed E-state index contributed by atoms with van der Waals surface area (Å²) in [6.45, 7) is 0.0996. The molecule has 5 aromatic rings. The molecule has 11 heteroatoms. The van der Waals surface area contributed by atoms with Crippen LogP contribution in [-0.2, 0) is 0 Å². The molecular weight excluding hydrogens is 636 g/mol. The number of nitrogens with zero attached hydrogens (tertiary/aromatic N) is 2. The summed E-state index contributed by atoms with van der Waals surface area (Å²) in [5.74, 6) is 0.236. The van der Waals surface area contributed by atoms with Gasteiger partial charge in [-0.1, -0.05) is 45.7 Å². The van der Waals surface area contributed by atoms with Gasteiger partial charge in [0.1, 0.15) is 11.4 Å². The van der Waals surface area contributed by atoms with Gasteiger partial charge in [-0.05, 0) is 60.7 Å². The monoisotopic (exact) mass is 658 g/mol. The normalized spacial score (nSPS) is 12.1.